The number of aromatic nitrogens is 3. The lowest BCUT2D eigenvalue weighted by Crippen LogP contribution is -1.98. The number of pyridine rings is 3. The number of benzene rings is 8. The van der Waals surface area contributed by atoms with Crippen LogP contribution in [0.3, 0.4) is 0 Å². The van der Waals surface area contributed by atoms with Gasteiger partial charge in [0, 0.05) is 35.7 Å². The van der Waals surface area contributed by atoms with Crippen molar-refractivity contribution >= 4 is 21.5 Å². The van der Waals surface area contributed by atoms with Crippen LogP contribution >= 0.6 is 0 Å². The van der Waals surface area contributed by atoms with E-state index >= 15 is 0 Å². The molecule has 0 unspecified atom stereocenters. The maximum absolute atomic E-state index is 4.57. The molecular formula is C107H149N3. The molecule has 0 fully saturated rings. The van der Waals surface area contributed by atoms with E-state index < -0.39 is 0 Å². The van der Waals surface area contributed by atoms with Crippen LogP contribution in [0.2, 0.25) is 0 Å². The van der Waals surface area contributed by atoms with Gasteiger partial charge >= 0.3 is 0 Å². The Morgan fingerprint density at radius 3 is 0.673 bits per heavy atom. The Bertz CT molecular complexity index is 3910. The van der Waals surface area contributed by atoms with Crippen LogP contribution < -0.4 is 0 Å². The van der Waals surface area contributed by atoms with Crippen molar-refractivity contribution in [3.63, 3.8) is 0 Å². The topological polar surface area (TPSA) is 38.7 Å². The fraction of sp³-hybridized carbons (Fsp3) is 0.449. The summed E-state index contributed by atoms with van der Waals surface area (Å²) in [7, 11) is 0. The highest BCUT2D eigenvalue weighted by molar-refractivity contribution is 5.85. The molecule has 0 spiro atoms. The molecule has 11 rings (SSSR count). The molecule has 3 aromatic heterocycles. The van der Waals surface area contributed by atoms with Gasteiger partial charge < -0.3 is 0 Å². The summed E-state index contributed by atoms with van der Waals surface area (Å²) >= 11 is 0. The Kier molecular flexibility index (Phi) is 40.4. The van der Waals surface area contributed by atoms with Crippen molar-refractivity contribution in [3.8, 4) is 11.1 Å². The zero-order valence-corrected chi connectivity index (χ0v) is 74.9. The van der Waals surface area contributed by atoms with Crippen molar-refractivity contribution in [3.05, 3.63) is 314 Å². The third-order valence-electron chi connectivity index (χ3n) is 20.6. The van der Waals surface area contributed by atoms with Gasteiger partial charge in [0.15, 0.2) is 0 Å². The summed E-state index contributed by atoms with van der Waals surface area (Å²) in [5.74, 6) is 9.53. The van der Waals surface area contributed by atoms with Gasteiger partial charge in [0.25, 0.3) is 0 Å². The SMILES string of the molecule is CC(C)c1ccc(-c2ccc(C(C)C)cc2)cc1.CC(C)c1ccc(C(C)C)cc1.CC(C)c1ccc(C(C)C)nc1.CC(C)c1ccc2cc(C(C)C)ccc2c1.CC(C)c1ccc2ccc(C(C)C)cc2c1.CC(C)c1cccc(C(C)C)c1.CC(C)c1cccc(C(C)C)n1.CC(C)c1cncc(C(C)C)c1. The van der Waals surface area contributed by atoms with Crippen molar-refractivity contribution in [2.24, 2.45) is 0 Å². The zero-order chi connectivity index (χ0) is 82.2. The molecule has 0 bridgehead atoms. The molecule has 0 aliphatic rings. The van der Waals surface area contributed by atoms with Gasteiger partial charge in [-0.2, -0.15) is 0 Å². The van der Waals surface area contributed by atoms with Gasteiger partial charge in [-0.25, -0.2) is 0 Å². The molecule has 3 heteroatoms. The van der Waals surface area contributed by atoms with Crippen LogP contribution in [-0.2, 0) is 0 Å². The van der Waals surface area contributed by atoms with E-state index in [4.69, 9.17) is 0 Å². The lowest BCUT2D eigenvalue weighted by Gasteiger charge is -2.10. The maximum atomic E-state index is 4.57. The summed E-state index contributed by atoms with van der Waals surface area (Å²) in [6.45, 7) is 70.9. The highest BCUT2D eigenvalue weighted by Gasteiger charge is 2.11. The summed E-state index contributed by atoms with van der Waals surface area (Å²) in [6, 6.07) is 75.7. The smallest absolute Gasteiger partial charge is 0.0432 e. The average molecular weight is 1480 g/mol. The molecule has 3 nitrogen and oxygen atoms in total. The predicted octanol–water partition coefficient (Wildman–Crippen LogP) is 33.6. The molecule has 0 aliphatic carbocycles. The second-order valence-corrected chi connectivity index (χ2v) is 35.3. The number of nitrogens with zero attached hydrogens (tertiary/aromatic N) is 3. The molecule has 0 radical (unpaired) electrons. The summed E-state index contributed by atoms with van der Waals surface area (Å²) in [4.78, 5) is 13.2. The van der Waals surface area contributed by atoms with E-state index in [0.717, 1.165) is 0 Å². The Hall–Kier alpha value is -8.27. The Morgan fingerprint density at radius 1 is 0.164 bits per heavy atom. The van der Waals surface area contributed by atoms with Gasteiger partial charge in [-0.1, -0.05) is 410 Å². The van der Waals surface area contributed by atoms with E-state index in [9.17, 15) is 0 Å². The van der Waals surface area contributed by atoms with Crippen molar-refractivity contribution in [2.45, 2.75) is 316 Å². The summed E-state index contributed by atoms with van der Waals surface area (Å²) in [5.41, 5.74) is 24.4. The van der Waals surface area contributed by atoms with E-state index in [-0.39, 0.29) is 0 Å². The van der Waals surface area contributed by atoms with Crippen LogP contribution in [0.1, 0.15) is 406 Å². The maximum Gasteiger partial charge on any atom is 0.0432 e. The minimum Gasteiger partial charge on any atom is -0.264 e. The lowest BCUT2D eigenvalue weighted by atomic mass is 9.95. The number of hydrogen-bond donors (Lipinski definition) is 0. The summed E-state index contributed by atoms with van der Waals surface area (Å²) in [5, 5.41) is 5.43. The first-order chi connectivity index (χ1) is 51.8. The molecule has 0 saturated heterocycles. The van der Waals surface area contributed by atoms with Gasteiger partial charge in [0.1, 0.15) is 0 Å². The standard InChI is InChI=1S/C18H22.2C16H20.2C12H18.3C11H17N/c1-13(2)15-5-9-17(10-6-15)18-11-7-16(8-12-18)14(3)4;1-11(2)13-5-7-16-10-14(12(3)4)6-8-15(16)9-13;1-11(2)14-7-5-13-6-8-15(12(3)4)10-16(13)9-14;1-9(2)11-5-7-12(8-6-11)10(3)4;1-9(2)11-6-5-7-12(8-11)10(3)4;1-8(2)10-5-11(9(3)4)7-12-6-10;1-8(2)10-5-6-11(9(3)4)12-7-10;1-8(2)10-6-5-7-11(12-10)9(3)4/h5-14H,1-4H3;2*5-12H,1-4H3;2*5-10H,1-4H3;3*5-9H,1-4H3. The third kappa shape index (κ3) is 32.2. The quantitative estimate of drug-likeness (QED) is 0.0912. The van der Waals surface area contributed by atoms with Crippen LogP contribution in [0, 0.1) is 0 Å². The largest absolute Gasteiger partial charge is 0.264 e. The number of fused-ring (bicyclic) bond motifs is 2. The molecule has 0 aliphatic heterocycles. The fourth-order valence-electron chi connectivity index (χ4n) is 12.0. The molecule has 0 atom stereocenters. The predicted molar refractivity (Wildman–Crippen MR) is 491 cm³/mol. The van der Waals surface area contributed by atoms with E-state index in [1.54, 1.807) is 0 Å². The molecular weight excluding hydrogens is 1330 g/mol. The monoisotopic (exact) mass is 1480 g/mol. The Morgan fingerprint density at radius 2 is 0.400 bits per heavy atom. The van der Waals surface area contributed by atoms with E-state index in [1.807, 2.05) is 18.6 Å². The van der Waals surface area contributed by atoms with Crippen molar-refractivity contribution < 1.29 is 0 Å². The van der Waals surface area contributed by atoms with Gasteiger partial charge in [0.2, 0.25) is 0 Å². The lowest BCUT2D eigenvalue weighted by molar-refractivity contribution is 0.765. The first kappa shape index (κ1) is 94.1. The van der Waals surface area contributed by atoms with E-state index in [1.165, 1.54) is 122 Å². The highest BCUT2D eigenvalue weighted by Crippen LogP contribution is 2.30. The first-order valence-electron chi connectivity index (χ1n) is 42.1. The summed E-state index contributed by atoms with van der Waals surface area (Å²) in [6.07, 6.45) is 5.90. The molecule has 3 heterocycles. The summed E-state index contributed by atoms with van der Waals surface area (Å²) < 4.78 is 0. The Balaban J connectivity index is 0.000000267. The molecule has 11 aromatic rings. The normalized spacial score (nSPS) is 11.3. The van der Waals surface area contributed by atoms with Crippen LogP contribution in [-0.4, -0.2) is 15.0 Å². The van der Waals surface area contributed by atoms with E-state index in [0.29, 0.717) is 94.7 Å². The van der Waals surface area contributed by atoms with Crippen LogP contribution in [0.25, 0.3) is 32.7 Å². The molecule has 0 amide bonds. The zero-order valence-electron chi connectivity index (χ0n) is 74.9. The highest BCUT2D eigenvalue weighted by atomic mass is 14.7. The van der Waals surface area contributed by atoms with E-state index in [2.05, 4.69) is 443 Å². The average Bonchev–Trinajstić information content (AvgIpc) is 0.807. The molecule has 0 N–H and O–H groups in total. The molecule has 8 aromatic carbocycles. The second-order valence-electron chi connectivity index (χ2n) is 35.3. The second kappa shape index (κ2) is 47.2. The first-order valence-corrected chi connectivity index (χ1v) is 42.1. The van der Waals surface area contributed by atoms with Crippen molar-refractivity contribution in [1.29, 1.82) is 0 Å². The fourth-order valence-corrected chi connectivity index (χ4v) is 12.0. The number of rotatable bonds is 17. The molecule has 110 heavy (non-hydrogen) atoms. The van der Waals surface area contributed by atoms with Gasteiger partial charge in [-0.3, -0.25) is 15.0 Å². The molecule has 0 saturated carbocycles. The molecule has 592 valence electrons. The van der Waals surface area contributed by atoms with Gasteiger partial charge in [-0.15, -0.1) is 0 Å². The van der Waals surface area contributed by atoms with Crippen molar-refractivity contribution in [2.75, 3.05) is 0 Å². The van der Waals surface area contributed by atoms with Gasteiger partial charge in [0.05, 0.1) is 0 Å². The van der Waals surface area contributed by atoms with Crippen LogP contribution in [0.5, 0.6) is 0 Å². The Labute approximate surface area is 673 Å². The third-order valence-corrected chi connectivity index (χ3v) is 20.6. The van der Waals surface area contributed by atoms with Crippen LogP contribution in [0.15, 0.2) is 225 Å². The van der Waals surface area contributed by atoms with Gasteiger partial charge in [-0.05, 0) is 218 Å². The van der Waals surface area contributed by atoms with Crippen molar-refractivity contribution in [1.82, 2.24) is 15.0 Å². The minimum absolute atomic E-state index is 0.531. The number of hydrogen-bond acceptors (Lipinski definition) is 3. The minimum atomic E-state index is 0.531. The van der Waals surface area contributed by atoms with Crippen LogP contribution in [0.4, 0.5) is 0 Å².